The van der Waals surface area contributed by atoms with E-state index in [0.29, 0.717) is 18.2 Å². The van der Waals surface area contributed by atoms with Crippen LogP contribution in [0.3, 0.4) is 0 Å². The van der Waals surface area contributed by atoms with E-state index in [4.69, 9.17) is 16.3 Å². The maximum Gasteiger partial charge on any atom is 0.124 e. The second kappa shape index (κ2) is 9.11. The average Bonchev–Trinajstić information content (AvgIpc) is 2.67. The monoisotopic (exact) mass is 429 g/mol. The number of rotatable bonds is 7. The lowest BCUT2D eigenvalue weighted by Crippen LogP contribution is -2.04. The number of ether oxygens (including phenoxy) is 1. The van der Waals surface area contributed by atoms with Gasteiger partial charge in [0.05, 0.1) is 0 Å². The molecule has 0 spiro atoms. The molecule has 0 amide bonds. The minimum Gasteiger partial charge on any atom is -0.489 e. The van der Waals surface area contributed by atoms with Crippen LogP contribution in [0.15, 0.2) is 71.2 Å². The predicted octanol–water partition coefficient (Wildman–Crippen LogP) is 6.86. The minimum atomic E-state index is 0.521. The third kappa shape index (κ3) is 5.26. The van der Waals surface area contributed by atoms with Gasteiger partial charge in [0, 0.05) is 27.3 Å². The van der Waals surface area contributed by atoms with E-state index >= 15 is 0 Å². The maximum absolute atomic E-state index is 6.18. The first-order valence-electron chi connectivity index (χ1n) is 8.62. The molecule has 0 bridgehead atoms. The Hall–Kier alpha value is -1.97. The lowest BCUT2D eigenvalue weighted by Gasteiger charge is -2.14. The van der Waals surface area contributed by atoms with Crippen LogP contribution in [-0.2, 0) is 19.6 Å². The molecule has 3 aromatic carbocycles. The van der Waals surface area contributed by atoms with Crippen LogP contribution in [0.1, 0.15) is 23.6 Å². The Labute approximate surface area is 168 Å². The van der Waals surface area contributed by atoms with Gasteiger partial charge in [-0.2, -0.15) is 0 Å². The highest BCUT2D eigenvalue weighted by molar-refractivity contribution is 9.10. The van der Waals surface area contributed by atoms with Crippen molar-refractivity contribution in [2.45, 2.75) is 26.5 Å². The molecule has 0 radical (unpaired) electrons. The molecule has 0 aromatic heterocycles. The Morgan fingerprint density at radius 2 is 1.62 bits per heavy atom. The van der Waals surface area contributed by atoms with Crippen molar-refractivity contribution < 1.29 is 4.74 Å². The Morgan fingerprint density at radius 3 is 2.31 bits per heavy atom. The minimum absolute atomic E-state index is 0.521. The van der Waals surface area contributed by atoms with Crippen molar-refractivity contribution >= 4 is 33.2 Å². The smallest absolute Gasteiger partial charge is 0.124 e. The van der Waals surface area contributed by atoms with Gasteiger partial charge in [-0.15, -0.1) is 0 Å². The zero-order chi connectivity index (χ0) is 18.4. The third-order valence-electron chi connectivity index (χ3n) is 4.18. The van der Waals surface area contributed by atoms with E-state index < -0.39 is 0 Å². The number of hydrogen-bond acceptors (Lipinski definition) is 2. The second-order valence-corrected chi connectivity index (χ2v) is 7.42. The van der Waals surface area contributed by atoms with Crippen LogP contribution < -0.4 is 10.1 Å². The van der Waals surface area contributed by atoms with Crippen molar-refractivity contribution in [3.63, 3.8) is 0 Å². The summed E-state index contributed by atoms with van der Waals surface area (Å²) in [6.45, 7) is 3.33. The number of aryl methyl sites for hydroxylation is 1. The fourth-order valence-corrected chi connectivity index (χ4v) is 3.08. The highest BCUT2D eigenvalue weighted by atomic mass is 79.9. The molecule has 3 aromatic rings. The van der Waals surface area contributed by atoms with Crippen molar-refractivity contribution in [1.29, 1.82) is 0 Å². The van der Waals surface area contributed by atoms with Crippen LogP contribution in [0, 0.1) is 0 Å². The van der Waals surface area contributed by atoms with E-state index in [-0.39, 0.29) is 0 Å². The van der Waals surface area contributed by atoms with Crippen molar-refractivity contribution in [1.82, 2.24) is 0 Å². The summed E-state index contributed by atoms with van der Waals surface area (Å²) >= 11 is 9.63. The van der Waals surface area contributed by atoms with E-state index in [2.05, 4.69) is 52.4 Å². The summed E-state index contributed by atoms with van der Waals surface area (Å²) in [6, 6.07) is 22.4. The van der Waals surface area contributed by atoms with Crippen LogP contribution in [0.4, 0.5) is 5.69 Å². The molecular weight excluding hydrogens is 410 g/mol. The van der Waals surface area contributed by atoms with Gasteiger partial charge in [-0.3, -0.25) is 0 Å². The molecule has 4 heteroatoms. The predicted molar refractivity (Wildman–Crippen MR) is 113 cm³/mol. The van der Waals surface area contributed by atoms with Crippen LogP contribution in [0.25, 0.3) is 0 Å². The summed E-state index contributed by atoms with van der Waals surface area (Å²) in [6.07, 6.45) is 1.04. The van der Waals surface area contributed by atoms with Crippen molar-refractivity contribution in [3.05, 3.63) is 92.9 Å². The zero-order valence-electron chi connectivity index (χ0n) is 14.6. The summed E-state index contributed by atoms with van der Waals surface area (Å²) in [7, 11) is 0. The van der Waals surface area contributed by atoms with Crippen molar-refractivity contribution in [3.8, 4) is 5.75 Å². The van der Waals surface area contributed by atoms with E-state index in [1.165, 1.54) is 5.56 Å². The Balaban J connectivity index is 1.67. The SMILES string of the molecule is CCc1ccc(NCc2cc(Cl)ccc2OCc2ccc(Br)cc2)cc1. The molecule has 1 N–H and O–H groups in total. The molecule has 0 saturated heterocycles. The van der Waals surface area contributed by atoms with Crippen LogP contribution >= 0.6 is 27.5 Å². The number of benzene rings is 3. The zero-order valence-corrected chi connectivity index (χ0v) is 17.0. The molecule has 0 aliphatic rings. The van der Waals surface area contributed by atoms with Gasteiger partial charge in [-0.25, -0.2) is 0 Å². The molecule has 0 unspecified atom stereocenters. The van der Waals surface area contributed by atoms with Gasteiger partial charge in [0.2, 0.25) is 0 Å². The highest BCUT2D eigenvalue weighted by Gasteiger charge is 2.06. The first-order chi connectivity index (χ1) is 12.6. The van der Waals surface area contributed by atoms with Gasteiger partial charge in [0.15, 0.2) is 0 Å². The molecule has 0 fully saturated rings. The fraction of sp³-hybridized carbons (Fsp3) is 0.182. The Kier molecular flexibility index (Phi) is 6.59. The molecule has 0 aliphatic heterocycles. The first-order valence-corrected chi connectivity index (χ1v) is 9.79. The quantitative estimate of drug-likeness (QED) is 0.442. The normalized spacial score (nSPS) is 10.6. The van der Waals surface area contributed by atoms with Crippen LogP contribution in [-0.4, -0.2) is 0 Å². The standard InChI is InChI=1S/C22H21BrClNO/c1-2-16-5-10-21(11-6-16)25-14-18-13-20(24)9-12-22(18)26-15-17-3-7-19(23)8-4-17/h3-13,25H,2,14-15H2,1H3. The van der Waals surface area contributed by atoms with Gasteiger partial charge >= 0.3 is 0 Å². The fourth-order valence-electron chi connectivity index (χ4n) is 2.62. The number of halogens is 2. The Morgan fingerprint density at radius 1 is 0.923 bits per heavy atom. The largest absolute Gasteiger partial charge is 0.489 e. The van der Waals surface area contributed by atoms with E-state index in [1.807, 2.05) is 42.5 Å². The topological polar surface area (TPSA) is 21.3 Å². The Bertz CT molecular complexity index is 847. The van der Waals surface area contributed by atoms with E-state index in [0.717, 1.165) is 33.5 Å². The average molecular weight is 431 g/mol. The molecule has 26 heavy (non-hydrogen) atoms. The molecule has 2 nitrogen and oxygen atoms in total. The summed E-state index contributed by atoms with van der Waals surface area (Å²) < 4.78 is 7.09. The van der Waals surface area contributed by atoms with E-state index in [9.17, 15) is 0 Å². The van der Waals surface area contributed by atoms with Gasteiger partial charge in [0.25, 0.3) is 0 Å². The summed E-state index contributed by atoms with van der Waals surface area (Å²) in [5.74, 6) is 0.843. The first kappa shape index (κ1) is 18.8. The molecule has 0 saturated carbocycles. The van der Waals surface area contributed by atoms with E-state index in [1.54, 1.807) is 0 Å². The lowest BCUT2D eigenvalue weighted by atomic mass is 10.1. The van der Waals surface area contributed by atoms with Crippen molar-refractivity contribution in [2.75, 3.05) is 5.32 Å². The maximum atomic E-state index is 6.18. The summed E-state index contributed by atoms with van der Waals surface area (Å²) in [5.41, 5.74) is 4.57. The van der Waals surface area contributed by atoms with Gasteiger partial charge < -0.3 is 10.1 Å². The third-order valence-corrected chi connectivity index (χ3v) is 4.94. The summed E-state index contributed by atoms with van der Waals surface area (Å²) in [5, 5.41) is 4.15. The van der Waals surface area contributed by atoms with Gasteiger partial charge in [0.1, 0.15) is 12.4 Å². The number of anilines is 1. The molecule has 0 atom stereocenters. The lowest BCUT2D eigenvalue weighted by molar-refractivity contribution is 0.303. The number of nitrogens with one attached hydrogen (secondary N) is 1. The molecular formula is C22H21BrClNO. The second-order valence-electron chi connectivity index (χ2n) is 6.07. The van der Waals surface area contributed by atoms with Gasteiger partial charge in [-0.05, 0) is 60.0 Å². The highest BCUT2D eigenvalue weighted by Crippen LogP contribution is 2.25. The molecule has 0 aliphatic carbocycles. The number of hydrogen-bond donors (Lipinski definition) is 1. The van der Waals surface area contributed by atoms with Crippen molar-refractivity contribution in [2.24, 2.45) is 0 Å². The molecule has 3 rings (SSSR count). The van der Waals surface area contributed by atoms with Crippen LogP contribution in [0.2, 0.25) is 5.02 Å². The summed E-state index contributed by atoms with van der Waals surface area (Å²) in [4.78, 5) is 0. The molecule has 0 heterocycles. The van der Waals surface area contributed by atoms with Gasteiger partial charge in [-0.1, -0.05) is 58.7 Å². The van der Waals surface area contributed by atoms with Crippen LogP contribution in [0.5, 0.6) is 5.75 Å². The molecule has 134 valence electrons.